The summed E-state index contributed by atoms with van der Waals surface area (Å²) in [5, 5.41) is 0. The Hall–Kier alpha value is -1.32. The minimum atomic E-state index is -0.369. The predicted molar refractivity (Wildman–Crippen MR) is 84.8 cm³/mol. The molecule has 0 spiro atoms. The van der Waals surface area contributed by atoms with Crippen molar-refractivity contribution in [1.29, 1.82) is 0 Å². The number of halogens is 1. The first-order valence-corrected chi connectivity index (χ1v) is 7.58. The number of rotatable bonds is 1. The average molecular weight is 332 g/mol. The zero-order chi connectivity index (χ0) is 14.3. The molecule has 1 heterocycles. The minimum absolute atomic E-state index is 0.0123. The van der Waals surface area contributed by atoms with Gasteiger partial charge in [0.25, 0.3) is 0 Å². The van der Waals surface area contributed by atoms with Gasteiger partial charge in [0.2, 0.25) is 0 Å². The van der Waals surface area contributed by atoms with E-state index in [4.69, 9.17) is 10.5 Å². The molecule has 3 heteroatoms. The summed E-state index contributed by atoms with van der Waals surface area (Å²) in [5.41, 5.74) is 9.49. The maximum absolute atomic E-state index is 6.37. The molecule has 0 bridgehead atoms. The second kappa shape index (κ2) is 4.90. The summed E-state index contributed by atoms with van der Waals surface area (Å²) in [6.45, 7) is 4.22. The van der Waals surface area contributed by atoms with Gasteiger partial charge in [-0.15, -0.1) is 0 Å². The molecule has 20 heavy (non-hydrogen) atoms. The van der Waals surface area contributed by atoms with Crippen LogP contribution >= 0.6 is 15.9 Å². The molecule has 2 nitrogen and oxygen atoms in total. The molecule has 0 saturated carbocycles. The van der Waals surface area contributed by atoms with Gasteiger partial charge in [0.1, 0.15) is 11.4 Å². The molecular weight excluding hydrogens is 314 g/mol. The van der Waals surface area contributed by atoms with Crippen molar-refractivity contribution in [3.63, 3.8) is 0 Å². The highest BCUT2D eigenvalue weighted by Gasteiger charge is 2.37. The van der Waals surface area contributed by atoms with Crippen molar-refractivity contribution >= 4 is 15.9 Å². The Morgan fingerprint density at radius 3 is 2.80 bits per heavy atom. The summed E-state index contributed by atoms with van der Waals surface area (Å²) < 4.78 is 7.32. The van der Waals surface area contributed by atoms with E-state index >= 15 is 0 Å². The molecule has 2 aromatic carbocycles. The highest BCUT2D eigenvalue weighted by atomic mass is 79.9. The second-order valence-electron chi connectivity index (χ2n) is 5.70. The summed E-state index contributed by atoms with van der Waals surface area (Å²) in [6, 6.07) is 14.5. The van der Waals surface area contributed by atoms with Gasteiger partial charge in [-0.1, -0.05) is 45.8 Å². The fourth-order valence-electron chi connectivity index (χ4n) is 2.87. The van der Waals surface area contributed by atoms with Gasteiger partial charge >= 0.3 is 0 Å². The van der Waals surface area contributed by atoms with Crippen LogP contribution in [0.3, 0.4) is 0 Å². The molecule has 0 radical (unpaired) electrons. The van der Waals surface area contributed by atoms with Crippen LogP contribution in [-0.4, -0.2) is 0 Å². The Labute approximate surface area is 128 Å². The topological polar surface area (TPSA) is 35.2 Å². The van der Waals surface area contributed by atoms with Gasteiger partial charge in [-0.05, 0) is 37.6 Å². The van der Waals surface area contributed by atoms with E-state index in [1.54, 1.807) is 0 Å². The molecule has 3 rings (SSSR count). The quantitative estimate of drug-likeness (QED) is 0.837. The van der Waals surface area contributed by atoms with Crippen molar-refractivity contribution in [2.45, 2.75) is 31.9 Å². The smallest absolute Gasteiger partial charge is 0.133 e. The summed E-state index contributed by atoms with van der Waals surface area (Å²) in [4.78, 5) is 0. The van der Waals surface area contributed by atoms with Gasteiger partial charge in [0, 0.05) is 22.5 Å². The van der Waals surface area contributed by atoms with Gasteiger partial charge < -0.3 is 10.5 Å². The van der Waals surface area contributed by atoms with Crippen LogP contribution in [0, 0.1) is 6.92 Å². The molecule has 2 N–H and O–H groups in total. The normalized spacial score (nSPS) is 24.9. The molecule has 104 valence electrons. The number of hydrogen-bond donors (Lipinski definition) is 1. The van der Waals surface area contributed by atoms with E-state index in [0.717, 1.165) is 22.2 Å². The Kier molecular flexibility index (Phi) is 3.35. The molecule has 0 amide bonds. The molecule has 0 saturated heterocycles. The number of aryl methyl sites for hydroxylation is 1. The minimum Gasteiger partial charge on any atom is -0.482 e. The molecule has 0 fully saturated rings. The molecule has 0 aromatic heterocycles. The van der Waals surface area contributed by atoms with Gasteiger partial charge in [0.15, 0.2) is 0 Å². The van der Waals surface area contributed by atoms with Crippen molar-refractivity contribution in [1.82, 2.24) is 0 Å². The van der Waals surface area contributed by atoms with E-state index in [9.17, 15) is 0 Å². The number of ether oxygens (including phenoxy) is 1. The maximum atomic E-state index is 6.37. The highest BCUT2D eigenvalue weighted by Crippen LogP contribution is 2.44. The number of fused-ring (bicyclic) bond motifs is 1. The van der Waals surface area contributed by atoms with E-state index in [2.05, 4.69) is 60.1 Å². The third kappa shape index (κ3) is 2.36. The fourth-order valence-corrected chi connectivity index (χ4v) is 3.25. The molecule has 2 atom stereocenters. The lowest BCUT2D eigenvalue weighted by Gasteiger charge is -2.39. The molecule has 2 aromatic rings. The monoisotopic (exact) mass is 331 g/mol. The highest BCUT2D eigenvalue weighted by molar-refractivity contribution is 9.10. The molecular formula is C17H18BrNO. The lowest BCUT2D eigenvalue weighted by atomic mass is 9.83. The molecule has 1 aliphatic rings. The van der Waals surface area contributed by atoms with Crippen LogP contribution in [0.2, 0.25) is 0 Å². The molecule has 0 aliphatic carbocycles. The Morgan fingerprint density at radius 1 is 1.25 bits per heavy atom. The van der Waals surface area contributed by atoms with Gasteiger partial charge in [0.05, 0.1) is 0 Å². The van der Waals surface area contributed by atoms with E-state index in [1.165, 1.54) is 11.1 Å². The largest absolute Gasteiger partial charge is 0.482 e. The SMILES string of the molecule is Cc1cccc(C2(C)C[C@@H](N)c3cc(Br)ccc3O2)c1. The fraction of sp³-hybridized carbons (Fsp3) is 0.294. The van der Waals surface area contributed by atoms with Crippen molar-refractivity contribution in [2.24, 2.45) is 5.73 Å². The zero-order valence-electron chi connectivity index (χ0n) is 11.7. The first kappa shape index (κ1) is 13.7. The Balaban J connectivity index is 2.04. The van der Waals surface area contributed by atoms with E-state index in [-0.39, 0.29) is 11.6 Å². The van der Waals surface area contributed by atoms with Crippen LogP contribution in [0.5, 0.6) is 5.75 Å². The summed E-state index contributed by atoms with van der Waals surface area (Å²) in [5.74, 6) is 0.885. The average Bonchev–Trinajstić information content (AvgIpc) is 2.40. The third-order valence-corrected chi connectivity index (χ3v) is 4.44. The number of hydrogen-bond acceptors (Lipinski definition) is 2. The van der Waals surface area contributed by atoms with Crippen LogP contribution in [0.1, 0.15) is 36.1 Å². The first-order chi connectivity index (χ1) is 9.48. The summed E-state index contributed by atoms with van der Waals surface area (Å²) in [7, 11) is 0. The van der Waals surface area contributed by atoms with Crippen molar-refractivity contribution < 1.29 is 4.74 Å². The van der Waals surface area contributed by atoms with Gasteiger partial charge in [-0.3, -0.25) is 0 Å². The number of benzene rings is 2. The molecule has 1 unspecified atom stereocenters. The predicted octanol–water partition coefficient (Wildman–Crippen LogP) is 4.46. The van der Waals surface area contributed by atoms with Crippen molar-refractivity contribution in [2.75, 3.05) is 0 Å². The van der Waals surface area contributed by atoms with Crippen molar-refractivity contribution in [3.05, 3.63) is 63.6 Å². The summed E-state index contributed by atoms with van der Waals surface area (Å²) in [6.07, 6.45) is 0.778. The lowest BCUT2D eigenvalue weighted by Crippen LogP contribution is -2.38. The van der Waals surface area contributed by atoms with Crippen LogP contribution in [0.4, 0.5) is 0 Å². The maximum Gasteiger partial charge on any atom is 0.133 e. The Morgan fingerprint density at radius 2 is 2.05 bits per heavy atom. The van der Waals surface area contributed by atoms with Gasteiger partial charge in [-0.2, -0.15) is 0 Å². The standard InChI is InChI=1S/C17H18BrNO/c1-11-4-3-5-12(8-11)17(2)10-15(19)14-9-13(18)6-7-16(14)20-17/h3-9,15H,10,19H2,1-2H3/t15-,17?/m1/s1. The molecule has 1 aliphatic heterocycles. The second-order valence-corrected chi connectivity index (χ2v) is 6.61. The Bertz CT molecular complexity index is 655. The van der Waals surface area contributed by atoms with Gasteiger partial charge in [-0.25, -0.2) is 0 Å². The zero-order valence-corrected chi connectivity index (χ0v) is 13.3. The van der Waals surface area contributed by atoms with Crippen molar-refractivity contribution in [3.8, 4) is 5.75 Å². The summed E-state index contributed by atoms with van der Waals surface area (Å²) >= 11 is 3.49. The van der Waals surface area contributed by atoms with Crippen LogP contribution in [0.15, 0.2) is 46.9 Å². The van der Waals surface area contributed by atoms with E-state index < -0.39 is 0 Å². The van der Waals surface area contributed by atoms with E-state index in [1.807, 2.05) is 12.1 Å². The first-order valence-electron chi connectivity index (χ1n) is 6.79. The van der Waals surface area contributed by atoms with Crippen LogP contribution in [0.25, 0.3) is 0 Å². The lowest BCUT2D eigenvalue weighted by molar-refractivity contribution is 0.0510. The van der Waals surface area contributed by atoms with E-state index in [0.29, 0.717) is 0 Å². The van der Waals surface area contributed by atoms with Crippen LogP contribution in [-0.2, 0) is 5.60 Å². The van der Waals surface area contributed by atoms with Crippen LogP contribution < -0.4 is 10.5 Å². The number of nitrogens with two attached hydrogens (primary N) is 1. The third-order valence-electron chi connectivity index (χ3n) is 3.94.